The first-order chi connectivity index (χ1) is 9.60. The van der Waals surface area contributed by atoms with E-state index in [4.69, 9.17) is 34.3 Å². The van der Waals surface area contributed by atoms with E-state index in [-0.39, 0.29) is 0 Å². The van der Waals surface area contributed by atoms with Gasteiger partial charge in [0.25, 0.3) is 0 Å². The summed E-state index contributed by atoms with van der Waals surface area (Å²) < 4.78 is 5.29. The van der Waals surface area contributed by atoms with Crippen molar-refractivity contribution in [3.8, 4) is 5.88 Å². The molecule has 0 aliphatic carbocycles. The molecular weight excluding hydrogens is 294 g/mol. The van der Waals surface area contributed by atoms with E-state index in [1.807, 2.05) is 13.0 Å². The largest absolute Gasteiger partial charge is 0.478 e. The molecule has 6 heteroatoms. The number of nitrogens with zero attached hydrogens (tertiary/aromatic N) is 1. The molecule has 0 bridgehead atoms. The predicted octanol–water partition coefficient (Wildman–Crippen LogP) is 3.51. The molecule has 0 fully saturated rings. The van der Waals surface area contributed by atoms with Gasteiger partial charge in [-0.05, 0) is 31.2 Å². The number of anilines is 2. The first-order valence-electron chi connectivity index (χ1n) is 6.05. The van der Waals surface area contributed by atoms with Crippen LogP contribution in [-0.2, 0) is 0 Å². The number of hydrogen-bond donors (Lipinski definition) is 2. The SMILES string of the molecule is CCOc1ccc(Nc2cc(Cl)ccc2C(N)=S)cn1. The minimum atomic E-state index is 0.308. The number of thiocarbonyl (C=S) groups is 1. The predicted molar refractivity (Wildman–Crippen MR) is 86.0 cm³/mol. The third kappa shape index (κ3) is 3.59. The first-order valence-corrected chi connectivity index (χ1v) is 6.84. The van der Waals surface area contributed by atoms with Gasteiger partial charge in [0.05, 0.1) is 24.2 Å². The van der Waals surface area contributed by atoms with E-state index in [1.165, 1.54) is 0 Å². The van der Waals surface area contributed by atoms with Gasteiger partial charge in [-0.25, -0.2) is 4.98 Å². The molecule has 0 saturated carbocycles. The highest BCUT2D eigenvalue weighted by Crippen LogP contribution is 2.25. The zero-order chi connectivity index (χ0) is 14.5. The Labute approximate surface area is 127 Å². The minimum Gasteiger partial charge on any atom is -0.478 e. The van der Waals surface area contributed by atoms with E-state index < -0.39 is 0 Å². The average molecular weight is 308 g/mol. The molecule has 0 unspecified atom stereocenters. The lowest BCUT2D eigenvalue weighted by Crippen LogP contribution is -2.11. The number of benzene rings is 1. The lowest BCUT2D eigenvalue weighted by atomic mass is 10.1. The number of nitrogens with one attached hydrogen (secondary N) is 1. The fourth-order valence-electron chi connectivity index (χ4n) is 1.68. The number of ether oxygens (including phenoxy) is 1. The summed E-state index contributed by atoms with van der Waals surface area (Å²) in [7, 11) is 0. The molecule has 104 valence electrons. The number of aromatic nitrogens is 1. The Morgan fingerprint density at radius 3 is 2.80 bits per heavy atom. The molecule has 1 aromatic heterocycles. The molecule has 2 rings (SSSR count). The van der Waals surface area contributed by atoms with E-state index in [0.29, 0.717) is 22.5 Å². The molecule has 0 aliphatic rings. The quantitative estimate of drug-likeness (QED) is 0.828. The van der Waals surface area contributed by atoms with Crippen molar-refractivity contribution in [2.75, 3.05) is 11.9 Å². The highest BCUT2D eigenvalue weighted by Gasteiger charge is 2.07. The van der Waals surface area contributed by atoms with Crippen LogP contribution in [0.5, 0.6) is 5.88 Å². The molecule has 4 nitrogen and oxygen atoms in total. The summed E-state index contributed by atoms with van der Waals surface area (Å²) in [5.41, 5.74) is 7.97. The molecule has 1 aromatic carbocycles. The Bertz CT molecular complexity index is 616. The van der Waals surface area contributed by atoms with Crippen LogP contribution in [0.2, 0.25) is 5.02 Å². The molecule has 20 heavy (non-hydrogen) atoms. The minimum absolute atomic E-state index is 0.308. The van der Waals surface area contributed by atoms with Gasteiger partial charge in [-0.1, -0.05) is 23.8 Å². The number of pyridine rings is 1. The van der Waals surface area contributed by atoms with Crippen LogP contribution >= 0.6 is 23.8 Å². The Hall–Kier alpha value is -1.85. The molecule has 3 N–H and O–H groups in total. The highest BCUT2D eigenvalue weighted by atomic mass is 35.5. The standard InChI is InChI=1S/C14H14ClN3OS/c1-2-19-13-6-4-10(8-17-13)18-12-7-9(15)3-5-11(12)14(16)20/h3-8,18H,2H2,1H3,(H2,16,20). The van der Waals surface area contributed by atoms with E-state index in [1.54, 1.807) is 30.5 Å². The monoisotopic (exact) mass is 307 g/mol. The fourth-order valence-corrected chi connectivity index (χ4v) is 2.03. The Kier molecular flexibility index (Phi) is 4.76. The summed E-state index contributed by atoms with van der Waals surface area (Å²) in [4.78, 5) is 4.49. The van der Waals surface area contributed by atoms with Crippen molar-refractivity contribution in [3.63, 3.8) is 0 Å². The molecule has 0 radical (unpaired) electrons. The van der Waals surface area contributed by atoms with Gasteiger partial charge in [0.1, 0.15) is 4.99 Å². The molecule has 0 saturated heterocycles. The van der Waals surface area contributed by atoms with Crippen molar-refractivity contribution in [2.24, 2.45) is 5.73 Å². The average Bonchev–Trinajstić information content (AvgIpc) is 2.41. The number of halogens is 1. The molecular formula is C14H14ClN3OS. The van der Waals surface area contributed by atoms with Gasteiger partial charge in [0, 0.05) is 16.7 Å². The van der Waals surface area contributed by atoms with Crippen LogP contribution in [0.1, 0.15) is 12.5 Å². The maximum absolute atomic E-state index is 5.99. The van der Waals surface area contributed by atoms with Crippen LogP contribution in [-0.4, -0.2) is 16.6 Å². The Balaban J connectivity index is 2.25. The van der Waals surface area contributed by atoms with Crippen LogP contribution in [0.3, 0.4) is 0 Å². The van der Waals surface area contributed by atoms with Crippen molar-refractivity contribution >= 4 is 40.2 Å². The van der Waals surface area contributed by atoms with Crippen LogP contribution in [0.4, 0.5) is 11.4 Å². The van der Waals surface area contributed by atoms with Gasteiger partial charge >= 0.3 is 0 Å². The van der Waals surface area contributed by atoms with E-state index in [9.17, 15) is 0 Å². The van der Waals surface area contributed by atoms with Gasteiger partial charge in [0.15, 0.2) is 0 Å². The van der Waals surface area contributed by atoms with E-state index in [0.717, 1.165) is 16.9 Å². The van der Waals surface area contributed by atoms with Crippen molar-refractivity contribution in [1.29, 1.82) is 0 Å². The smallest absolute Gasteiger partial charge is 0.213 e. The van der Waals surface area contributed by atoms with Gasteiger partial charge in [-0.2, -0.15) is 0 Å². The molecule has 0 atom stereocenters. The zero-order valence-corrected chi connectivity index (χ0v) is 12.5. The third-order valence-corrected chi connectivity index (χ3v) is 3.01. The number of nitrogens with two attached hydrogens (primary N) is 1. The Morgan fingerprint density at radius 2 is 2.20 bits per heavy atom. The van der Waals surface area contributed by atoms with Crippen molar-refractivity contribution in [3.05, 3.63) is 47.1 Å². The molecule has 1 heterocycles. The summed E-state index contributed by atoms with van der Waals surface area (Å²) in [6, 6.07) is 8.96. The fraction of sp³-hybridized carbons (Fsp3) is 0.143. The molecule has 0 amide bonds. The van der Waals surface area contributed by atoms with Gasteiger partial charge in [0.2, 0.25) is 5.88 Å². The van der Waals surface area contributed by atoms with Crippen LogP contribution in [0.25, 0.3) is 0 Å². The molecule has 2 aromatic rings. The lowest BCUT2D eigenvalue weighted by Gasteiger charge is -2.12. The first kappa shape index (κ1) is 14.6. The summed E-state index contributed by atoms with van der Waals surface area (Å²) >= 11 is 11.0. The summed E-state index contributed by atoms with van der Waals surface area (Å²) in [5.74, 6) is 0.582. The zero-order valence-electron chi connectivity index (χ0n) is 10.9. The third-order valence-electron chi connectivity index (χ3n) is 2.55. The van der Waals surface area contributed by atoms with E-state index >= 15 is 0 Å². The van der Waals surface area contributed by atoms with Crippen molar-refractivity contribution < 1.29 is 4.74 Å². The molecule has 0 aliphatic heterocycles. The summed E-state index contributed by atoms with van der Waals surface area (Å²) in [6.07, 6.45) is 1.68. The second kappa shape index (κ2) is 6.54. The van der Waals surface area contributed by atoms with Crippen LogP contribution in [0, 0.1) is 0 Å². The van der Waals surface area contributed by atoms with Gasteiger partial charge in [-0.3, -0.25) is 0 Å². The normalized spacial score (nSPS) is 10.1. The second-order valence-corrected chi connectivity index (χ2v) is 4.87. The highest BCUT2D eigenvalue weighted by molar-refractivity contribution is 7.80. The Morgan fingerprint density at radius 1 is 1.40 bits per heavy atom. The van der Waals surface area contributed by atoms with Crippen LogP contribution < -0.4 is 15.8 Å². The second-order valence-electron chi connectivity index (χ2n) is 4.00. The lowest BCUT2D eigenvalue weighted by molar-refractivity contribution is 0.327. The van der Waals surface area contributed by atoms with Crippen molar-refractivity contribution in [1.82, 2.24) is 4.98 Å². The summed E-state index contributed by atoms with van der Waals surface area (Å²) in [5, 5.41) is 3.80. The van der Waals surface area contributed by atoms with Crippen LogP contribution in [0.15, 0.2) is 36.5 Å². The maximum Gasteiger partial charge on any atom is 0.213 e. The van der Waals surface area contributed by atoms with Gasteiger partial charge < -0.3 is 15.8 Å². The maximum atomic E-state index is 5.99. The number of hydrogen-bond acceptors (Lipinski definition) is 4. The van der Waals surface area contributed by atoms with Crippen molar-refractivity contribution in [2.45, 2.75) is 6.92 Å². The van der Waals surface area contributed by atoms with E-state index in [2.05, 4.69) is 10.3 Å². The number of rotatable bonds is 5. The topological polar surface area (TPSA) is 60.2 Å². The summed E-state index contributed by atoms with van der Waals surface area (Å²) in [6.45, 7) is 2.49. The van der Waals surface area contributed by atoms with Gasteiger partial charge in [-0.15, -0.1) is 0 Å². The molecule has 0 spiro atoms.